The fourth-order valence-corrected chi connectivity index (χ4v) is 3.57. The number of hydrogen-bond donors (Lipinski definition) is 2. The Labute approximate surface area is 146 Å². The highest BCUT2D eigenvalue weighted by Gasteiger charge is 2.39. The number of aromatic nitrogens is 1. The Morgan fingerprint density at radius 1 is 1.36 bits per heavy atom. The predicted octanol–water partition coefficient (Wildman–Crippen LogP) is 1.99. The Kier molecular flexibility index (Phi) is 4.90. The molecule has 0 unspecified atom stereocenters. The Hall–Kier alpha value is -2.60. The minimum absolute atomic E-state index is 0.0522. The number of benzene rings is 1. The standard InChI is InChI=1S/C19H22N2O4/c1-12-5-3-4-6-14(12)15-10-21(11-16(15)19(23)24)9-13-7-17(22)18(25-2)8-20-13/h3-8,15-16H,9-11H2,1-2H3,(H,20,22)(H,23,24)/t15-,16+/m0/s1. The first-order chi connectivity index (χ1) is 12.0. The molecular formula is C19H22N2O4. The molecule has 3 rings (SSSR count). The number of likely N-dealkylation sites (tertiary alicyclic amines) is 1. The number of aryl methyl sites for hydroxylation is 1. The van der Waals surface area contributed by atoms with Crippen molar-refractivity contribution in [3.05, 3.63) is 63.6 Å². The summed E-state index contributed by atoms with van der Waals surface area (Å²) in [5.41, 5.74) is 2.76. The number of carboxylic acids is 1. The number of hydrogen-bond acceptors (Lipinski definition) is 4. The number of nitrogens with one attached hydrogen (secondary N) is 1. The van der Waals surface area contributed by atoms with E-state index >= 15 is 0 Å². The molecule has 0 aliphatic carbocycles. The molecule has 1 saturated heterocycles. The van der Waals surface area contributed by atoms with E-state index in [0.717, 1.165) is 16.8 Å². The maximum absolute atomic E-state index is 11.9. The first kappa shape index (κ1) is 17.2. The summed E-state index contributed by atoms with van der Waals surface area (Å²) in [7, 11) is 1.45. The molecule has 1 aliphatic rings. The summed E-state index contributed by atoms with van der Waals surface area (Å²) in [5.74, 6) is -1.01. The van der Waals surface area contributed by atoms with Gasteiger partial charge < -0.3 is 14.8 Å². The van der Waals surface area contributed by atoms with Gasteiger partial charge in [0.1, 0.15) is 0 Å². The summed E-state index contributed by atoms with van der Waals surface area (Å²) in [4.78, 5) is 28.8. The van der Waals surface area contributed by atoms with Gasteiger partial charge in [-0.25, -0.2) is 0 Å². The van der Waals surface area contributed by atoms with Crippen LogP contribution in [0.5, 0.6) is 5.75 Å². The smallest absolute Gasteiger partial charge is 0.308 e. The van der Waals surface area contributed by atoms with Crippen LogP contribution < -0.4 is 10.2 Å². The fraction of sp³-hybridized carbons (Fsp3) is 0.368. The van der Waals surface area contributed by atoms with E-state index < -0.39 is 11.9 Å². The Balaban J connectivity index is 1.81. The molecule has 6 heteroatoms. The molecule has 0 bridgehead atoms. The number of aliphatic carboxylic acids is 1. The van der Waals surface area contributed by atoms with E-state index in [2.05, 4.69) is 9.88 Å². The largest absolute Gasteiger partial charge is 0.491 e. The minimum Gasteiger partial charge on any atom is -0.491 e. The molecule has 2 N–H and O–H groups in total. The summed E-state index contributed by atoms with van der Waals surface area (Å²) in [6, 6.07) is 9.44. The molecule has 0 saturated carbocycles. The van der Waals surface area contributed by atoms with E-state index in [1.165, 1.54) is 13.2 Å². The Morgan fingerprint density at radius 3 is 2.76 bits per heavy atom. The first-order valence-corrected chi connectivity index (χ1v) is 8.26. The monoisotopic (exact) mass is 342 g/mol. The number of rotatable bonds is 5. The maximum Gasteiger partial charge on any atom is 0.308 e. The number of aromatic amines is 1. The van der Waals surface area contributed by atoms with Crippen molar-refractivity contribution in [3.63, 3.8) is 0 Å². The molecule has 0 spiro atoms. The van der Waals surface area contributed by atoms with Crippen molar-refractivity contribution >= 4 is 5.97 Å². The summed E-state index contributed by atoms with van der Waals surface area (Å²) in [5, 5.41) is 9.63. The molecule has 2 aromatic rings. The van der Waals surface area contributed by atoms with Crippen molar-refractivity contribution in [2.24, 2.45) is 5.92 Å². The van der Waals surface area contributed by atoms with Gasteiger partial charge in [0.05, 0.1) is 13.0 Å². The van der Waals surface area contributed by atoms with Gasteiger partial charge in [0.2, 0.25) is 5.43 Å². The van der Waals surface area contributed by atoms with Gasteiger partial charge in [-0.2, -0.15) is 0 Å². The van der Waals surface area contributed by atoms with E-state index in [9.17, 15) is 14.7 Å². The molecule has 25 heavy (non-hydrogen) atoms. The van der Waals surface area contributed by atoms with Crippen LogP contribution in [0.2, 0.25) is 0 Å². The SMILES string of the molecule is COc1c[nH]c(CN2C[C@@H](C(=O)O)[C@H](c3ccccc3C)C2)cc1=O. The lowest BCUT2D eigenvalue weighted by Crippen LogP contribution is -2.24. The average Bonchev–Trinajstić information content (AvgIpc) is 2.99. The van der Waals surface area contributed by atoms with E-state index in [4.69, 9.17) is 4.74 Å². The lowest BCUT2D eigenvalue weighted by Gasteiger charge is -2.18. The molecular weight excluding hydrogens is 320 g/mol. The molecule has 0 radical (unpaired) electrons. The molecule has 132 valence electrons. The van der Waals surface area contributed by atoms with Crippen molar-refractivity contribution in [2.45, 2.75) is 19.4 Å². The van der Waals surface area contributed by atoms with Gasteiger partial charge in [-0.05, 0) is 18.1 Å². The van der Waals surface area contributed by atoms with Gasteiger partial charge in [0, 0.05) is 43.5 Å². The van der Waals surface area contributed by atoms with Crippen molar-refractivity contribution in [2.75, 3.05) is 20.2 Å². The highest BCUT2D eigenvalue weighted by Crippen LogP contribution is 2.35. The zero-order chi connectivity index (χ0) is 18.0. The van der Waals surface area contributed by atoms with Crippen LogP contribution in [0.3, 0.4) is 0 Å². The van der Waals surface area contributed by atoms with E-state index in [1.807, 2.05) is 31.2 Å². The van der Waals surface area contributed by atoms with Gasteiger partial charge in [-0.15, -0.1) is 0 Å². The Bertz CT molecular complexity index is 830. The number of ether oxygens (including phenoxy) is 1. The third-order valence-corrected chi connectivity index (χ3v) is 4.85. The van der Waals surface area contributed by atoms with Crippen LogP contribution in [0.25, 0.3) is 0 Å². The number of carbonyl (C=O) groups is 1. The normalized spacial score (nSPS) is 20.6. The Morgan fingerprint density at radius 2 is 2.12 bits per heavy atom. The second-order valence-corrected chi connectivity index (χ2v) is 6.49. The maximum atomic E-state index is 11.9. The zero-order valence-corrected chi connectivity index (χ0v) is 14.4. The van der Waals surface area contributed by atoms with Gasteiger partial charge in [-0.1, -0.05) is 24.3 Å². The highest BCUT2D eigenvalue weighted by atomic mass is 16.5. The number of carboxylic acid groups (broad SMARTS) is 1. The van der Waals surface area contributed by atoms with E-state index in [0.29, 0.717) is 19.6 Å². The van der Waals surface area contributed by atoms with Crippen LogP contribution in [0, 0.1) is 12.8 Å². The summed E-state index contributed by atoms with van der Waals surface area (Å²) in [6.45, 7) is 3.63. The highest BCUT2D eigenvalue weighted by molar-refractivity contribution is 5.72. The summed E-state index contributed by atoms with van der Waals surface area (Å²) in [6.07, 6.45) is 1.54. The fourth-order valence-electron chi connectivity index (χ4n) is 3.57. The molecule has 1 aromatic carbocycles. The topological polar surface area (TPSA) is 82.6 Å². The lowest BCUT2D eigenvalue weighted by atomic mass is 9.86. The van der Waals surface area contributed by atoms with Crippen molar-refractivity contribution in [3.8, 4) is 5.75 Å². The third-order valence-electron chi connectivity index (χ3n) is 4.85. The molecule has 2 heterocycles. The van der Waals surface area contributed by atoms with Crippen LogP contribution in [-0.4, -0.2) is 41.2 Å². The van der Waals surface area contributed by atoms with Crippen molar-refractivity contribution in [1.29, 1.82) is 0 Å². The first-order valence-electron chi connectivity index (χ1n) is 8.26. The van der Waals surface area contributed by atoms with Crippen LogP contribution in [0.4, 0.5) is 0 Å². The molecule has 6 nitrogen and oxygen atoms in total. The second-order valence-electron chi connectivity index (χ2n) is 6.49. The third kappa shape index (κ3) is 3.58. The van der Waals surface area contributed by atoms with Crippen molar-refractivity contribution < 1.29 is 14.6 Å². The summed E-state index contributed by atoms with van der Waals surface area (Å²) >= 11 is 0. The zero-order valence-electron chi connectivity index (χ0n) is 14.4. The van der Waals surface area contributed by atoms with Crippen LogP contribution in [-0.2, 0) is 11.3 Å². The molecule has 0 amide bonds. The second kappa shape index (κ2) is 7.11. The molecule has 1 fully saturated rings. The van der Waals surface area contributed by atoms with Crippen LogP contribution in [0.15, 0.2) is 41.3 Å². The van der Waals surface area contributed by atoms with Crippen LogP contribution in [0.1, 0.15) is 22.7 Å². The predicted molar refractivity (Wildman–Crippen MR) is 93.9 cm³/mol. The molecule has 2 atom stereocenters. The van der Waals surface area contributed by atoms with Gasteiger partial charge in [-0.3, -0.25) is 14.5 Å². The number of H-pyrrole nitrogens is 1. The molecule has 1 aromatic heterocycles. The lowest BCUT2D eigenvalue weighted by molar-refractivity contribution is -0.141. The molecule has 1 aliphatic heterocycles. The average molecular weight is 342 g/mol. The van der Waals surface area contributed by atoms with Gasteiger partial charge in [0.15, 0.2) is 5.75 Å². The van der Waals surface area contributed by atoms with Crippen LogP contribution >= 0.6 is 0 Å². The van der Waals surface area contributed by atoms with Gasteiger partial charge in [0.25, 0.3) is 0 Å². The number of nitrogens with zero attached hydrogens (tertiary/aromatic N) is 1. The van der Waals surface area contributed by atoms with Gasteiger partial charge >= 0.3 is 5.97 Å². The quantitative estimate of drug-likeness (QED) is 0.868. The number of methoxy groups -OCH3 is 1. The van der Waals surface area contributed by atoms with Crippen molar-refractivity contribution in [1.82, 2.24) is 9.88 Å². The number of pyridine rings is 1. The minimum atomic E-state index is -0.779. The van der Waals surface area contributed by atoms with E-state index in [1.54, 1.807) is 6.20 Å². The summed E-state index contributed by atoms with van der Waals surface area (Å²) < 4.78 is 4.97. The van der Waals surface area contributed by atoms with E-state index in [-0.39, 0.29) is 17.1 Å².